The van der Waals surface area contributed by atoms with E-state index >= 15 is 0 Å². The Kier molecular flexibility index (Phi) is 5.81. The van der Waals surface area contributed by atoms with E-state index in [2.05, 4.69) is 13.0 Å². The van der Waals surface area contributed by atoms with Crippen LogP contribution in [0, 0.1) is 0 Å². The molecule has 2 aromatic carbocycles. The summed E-state index contributed by atoms with van der Waals surface area (Å²) in [6.07, 6.45) is 1.46. The predicted molar refractivity (Wildman–Crippen MR) is 109 cm³/mol. The van der Waals surface area contributed by atoms with Gasteiger partial charge in [-0.2, -0.15) is 0 Å². The van der Waals surface area contributed by atoms with Gasteiger partial charge in [-0.3, -0.25) is 4.79 Å². The number of phenolic OH excluding ortho intramolecular Hbond substituents is 1. The predicted octanol–water partition coefficient (Wildman–Crippen LogP) is 5.38. The highest BCUT2D eigenvalue weighted by atomic mass is 32.1. The van der Waals surface area contributed by atoms with Gasteiger partial charge < -0.3 is 14.9 Å². The van der Waals surface area contributed by atoms with E-state index in [9.17, 15) is 9.90 Å². The van der Waals surface area contributed by atoms with Gasteiger partial charge in [-0.15, -0.1) is 11.3 Å². The molecular weight excluding hydrogens is 360 g/mol. The van der Waals surface area contributed by atoms with Crippen molar-refractivity contribution in [1.29, 1.82) is 0 Å². The molecule has 5 heteroatoms. The van der Waals surface area contributed by atoms with E-state index in [1.807, 2.05) is 29.6 Å². The molecule has 0 unspecified atom stereocenters. The molecule has 3 rings (SSSR count). The van der Waals surface area contributed by atoms with Crippen LogP contribution in [0.2, 0.25) is 0 Å². The third kappa shape index (κ3) is 4.14. The highest BCUT2D eigenvalue weighted by Crippen LogP contribution is 2.44. The Morgan fingerprint density at radius 2 is 1.85 bits per heavy atom. The SMILES string of the molecule is CCc1ccc(-c2c(-c3ccc(O)cc3)csc2CCC(=O)O)c(OC)c1. The molecule has 2 N–H and O–H groups in total. The summed E-state index contributed by atoms with van der Waals surface area (Å²) in [6, 6.07) is 13.2. The number of rotatable bonds is 7. The van der Waals surface area contributed by atoms with Crippen molar-refractivity contribution in [3.63, 3.8) is 0 Å². The van der Waals surface area contributed by atoms with Crippen LogP contribution in [0.4, 0.5) is 0 Å². The molecule has 140 valence electrons. The molecule has 3 aromatic rings. The van der Waals surface area contributed by atoms with E-state index in [-0.39, 0.29) is 12.2 Å². The molecule has 0 bridgehead atoms. The lowest BCUT2D eigenvalue weighted by Gasteiger charge is -2.14. The van der Waals surface area contributed by atoms with Crippen LogP contribution in [0.25, 0.3) is 22.3 Å². The number of hydrogen-bond donors (Lipinski definition) is 2. The van der Waals surface area contributed by atoms with Gasteiger partial charge >= 0.3 is 5.97 Å². The summed E-state index contributed by atoms with van der Waals surface area (Å²) in [6.45, 7) is 2.10. The molecule has 1 heterocycles. The Balaban J connectivity index is 2.17. The Morgan fingerprint density at radius 3 is 2.48 bits per heavy atom. The van der Waals surface area contributed by atoms with Crippen molar-refractivity contribution in [2.24, 2.45) is 0 Å². The van der Waals surface area contributed by atoms with Crippen molar-refractivity contribution in [2.45, 2.75) is 26.2 Å². The van der Waals surface area contributed by atoms with Crippen LogP contribution < -0.4 is 4.74 Å². The Labute approximate surface area is 162 Å². The lowest BCUT2D eigenvalue weighted by atomic mass is 9.94. The molecule has 4 nitrogen and oxygen atoms in total. The van der Waals surface area contributed by atoms with Gasteiger partial charge in [0.25, 0.3) is 0 Å². The molecule has 0 fully saturated rings. The highest BCUT2D eigenvalue weighted by molar-refractivity contribution is 7.11. The van der Waals surface area contributed by atoms with E-state index in [1.165, 1.54) is 5.56 Å². The van der Waals surface area contributed by atoms with E-state index < -0.39 is 5.97 Å². The Hall–Kier alpha value is -2.79. The van der Waals surface area contributed by atoms with Crippen LogP contribution in [0.1, 0.15) is 23.8 Å². The van der Waals surface area contributed by atoms with Gasteiger partial charge in [-0.1, -0.05) is 31.2 Å². The molecule has 27 heavy (non-hydrogen) atoms. The zero-order valence-electron chi connectivity index (χ0n) is 15.4. The number of hydrogen-bond acceptors (Lipinski definition) is 4. The molecule has 0 saturated heterocycles. The first-order chi connectivity index (χ1) is 13.0. The smallest absolute Gasteiger partial charge is 0.303 e. The van der Waals surface area contributed by atoms with Crippen molar-refractivity contribution in [1.82, 2.24) is 0 Å². The van der Waals surface area contributed by atoms with Crippen molar-refractivity contribution in [3.05, 3.63) is 58.3 Å². The lowest BCUT2D eigenvalue weighted by Crippen LogP contribution is -1.98. The van der Waals surface area contributed by atoms with Gasteiger partial charge in [-0.25, -0.2) is 0 Å². The monoisotopic (exact) mass is 382 g/mol. The summed E-state index contributed by atoms with van der Waals surface area (Å²) in [5.74, 6) is 0.185. The fraction of sp³-hybridized carbons (Fsp3) is 0.227. The van der Waals surface area contributed by atoms with Gasteiger partial charge in [0.05, 0.1) is 13.5 Å². The summed E-state index contributed by atoms with van der Waals surface area (Å²) in [4.78, 5) is 12.1. The molecule has 0 spiro atoms. The van der Waals surface area contributed by atoms with Crippen molar-refractivity contribution in [3.8, 4) is 33.8 Å². The van der Waals surface area contributed by atoms with Crippen LogP contribution in [0.5, 0.6) is 11.5 Å². The number of benzene rings is 2. The van der Waals surface area contributed by atoms with Gasteiger partial charge in [0, 0.05) is 21.6 Å². The van der Waals surface area contributed by atoms with E-state index in [1.54, 1.807) is 30.6 Å². The van der Waals surface area contributed by atoms with Gasteiger partial charge in [0.15, 0.2) is 0 Å². The first-order valence-electron chi connectivity index (χ1n) is 8.82. The number of thiophene rings is 1. The maximum Gasteiger partial charge on any atom is 0.303 e. The Bertz CT molecular complexity index is 941. The minimum Gasteiger partial charge on any atom is -0.508 e. The number of carboxylic acids is 1. The largest absolute Gasteiger partial charge is 0.508 e. The minimum atomic E-state index is -0.811. The molecule has 0 atom stereocenters. The number of ether oxygens (including phenoxy) is 1. The lowest BCUT2D eigenvalue weighted by molar-refractivity contribution is -0.136. The van der Waals surface area contributed by atoms with Crippen molar-refractivity contribution >= 4 is 17.3 Å². The standard InChI is InChI=1S/C22H22O4S/c1-3-14-4-9-17(19(12-14)26-2)22-18(15-5-7-16(23)8-6-15)13-27-20(22)10-11-21(24)25/h4-9,12-13,23H,3,10-11H2,1-2H3,(H,24,25). The van der Waals surface area contributed by atoms with Crippen molar-refractivity contribution < 1.29 is 19.7 Å². The van der Waals surface area contributed by atoms with Crippen molar-refractivity contribution in [2.75, 3.05) is 7.11 Å². The zero-order chi connectivity index (χ0) is 19.4. The van der Waals surface area contributed by atoms with Gasteiger partial charge in [-0.05, 0) is 47.5 Å². The quantitative estimate of drug-likeness (QED) is 0.576. The van der Waals surface area contributed by atoms with E-state index in [0.717, 1.165) is 39.3 Å². The van der Waals surface area contributed by atoms with E-state index in [0.29, 0.717) is 6.42 Å². The number of phenols is 1. The maximum atomic E-state index is 11.1. The molecule has 0 radical (unpaired) electrons. The van der Waals surface area contributed by atoms with Gasteiger partial charge in [0.2, 0.25) is 0 Å². The van der Waals surface area contributed by atoms with Crippen LogP contribution in [-0.2, 0) is 17.6 Å². The number of aliphatic carboxylic acids is 1. The Morgan fingerprint density at radius 1 is 1.11 bits per heavy atom. The summed E-state index contributed by atoms with van der Waals surface area (Å²) in [7, 11) is 1.65. The second kappa shape index (κ2) is 8.27. The second-order valence-corrected chi connectivity index (χ2v) is 7.24. The number of aryl methyl sites for hydroxylation is 2. The maximum absolute atomic E-state index is 11.1. The van der Waals surface area contributed by atoms with Crippen LogP contribution in [-0.4, -0.2) is 23.3 Å². The second-order valence-electron chi connectivity index (χ2n) is 6.28. The molecule has 0 aliphatic heterocycles. The fourth-order valence-corrected chi connectivity index (χ4v) is 4.18. The minimum absolute atomic E-state index is 0.0812. The summed E-state index contributed by atoms with van der Waals surface area (Å²) in [5, 5.41) is 20.8. The first kappa shape index (κ1) is 19.0. The molecule has 0 aliphatic rings. The average Bonchev–Trinajstić information content (AvgIpc) is 3.10. The summed E-state index contributed by atoms with van der Waals surface area (Å²) < 4.78 is 5.65. The number of methoxy groups -OCH3 is 1. The third-order valence-electron chi connectivity index (χ3n) is 4.55. The van der Waals surface area contributed by atoms with Crippen LogP contribution in [0.15, 0.2) is 47.8 Å². The highest BCUT2D eigenvalue weighted by Gasteiger charge is 2.19. The molecule has 1 aromatic heterocycles. The summed E-state index contributed by atoms with van der Waals surface area (Å²) >= 11 is 1.56. The number of aromatic hydroxyl groups is 1. The average molecular weight is 382 g/mol. The van der Waals surface area contributed by atoms with Crippen LogP contribution in [0.3, 0.4) is 0 Å². The molecule has 0 aliphatic carbocycles. The normalized spacial score (nSPS) is 10.7. The number of carboxylic acid groups (broad SMARTS) is 1. The number of carbonyl (C=O) groups is 1. The third-order valence-corrected chi connectivity index (χ3v) is 5.60. The fourth-order valence-electron chi connectivity index (χ4n) is 3.11. The topological polar surface area (TPSA) is 66.8 Å². The summed E-state index contributed by atoms with van der Waals surface area (Å²) in [5.41, 5.74) is 5.14. The zero-order valence-corrected chi connectivity index (χ0v) is 16.2. The first-order valence-corrected chi connectivity index (χ1v) is 9.70. The molecule has 0 amide bonds. The van der Waals surface area contributed by atoms with E-state index in [4.69, 9.17) is 9.84 Å². The van der Waals surface area contributed by atoms with Gasteiger partial charge in [0.1, 0.15) is 11.5 Å². The molecule has 0 saturated carbocycles. The molecular formula is C22H22O4S. The van der Waals surface area contributed by atoms with Crippen LogP contribution >= 0.6 is 11.3 Å².